The predicted octanol–water partition coefficient (Wildman–Crippen LogP) is 0.852. The predicted molar refractivity (Wildman–Crippen MR) is 89.5 cm³/mol. The van der Waals surface area contributed by atoms with Gasteiger partial charge in [-0.3, -0.25) is 9.48 Å². The van der Waals surface area contributed by atoms with Gasteiger partial charge in [-0.1, -0.05) is 0 Å². The number of piperidine rings is 1. The molecule has 8 nitrogen and oxygen atoms in total. The maximum atomic E-state index is 11.5. The first-order chi connectivity index (χ1) is 11.0. The van der Waals surface area contributed by atoms with E-state index in [-0.39, 0.29) is 5.91 Å². The minimum absolute atomic E-state index is 0.119. The molecule has 0 spiro atoms. The lowest BCUT2D eigenvalue weighted by Gasteiger charge is -2.36. The lowest BCUT2D eigenvalue weighted by atomic mass is 10.0. The fourth-order valence-corrected chi connectivity index (χ4v) is 3.05. The van der Waals surface area contributed by atoms with Crippen LogP contribution in [0.5, 0.6) is 0 Å². The molecule has 1 aliphatic heterocycles. The Hall–Kier alpha value is -2.38. The van der Waals surface area contributed by atoms with Gasteiger partial charge in [-0.25, -0.2) is 0 Å². The molecule has 0 aromatic carbocycles. The number of aryl methyl sites for hydroxylation is 1. The van der Waals surface area contributed by atoms with Crippen molar-refractivity contribution in [2.24, 2.45) is 7.05 Å². The number of carbonyl (C=O) groups excluding carboxylic acids is 1. The third kappa shape index (κ3) is 2.80. The Kier molecular flexibility index (Phi) is 4.06. The molecule has 1 fully saturated rings. The average Bonchev–Trinajstić information content (AvgIpc) is 2.94. The molecule has 3 rings (SSSR count). The number of carbonyl (C=O) groups is 1. The van der Waals surface area contributed by atoms with Crippen molar-refractivity contribution in [3.63, 3.8) is 0 Å². The number of hydrogen-bond acceptors (Lipinski definition) is 6. The molecule has 0 radical (unpaired) electrons. The summed E-state index contributed by atoms with van der Waals surface area (Å²) in [5.41, 5.74) is 0.822. The first-order valence-electron chi connectivity index (χ1n) is 7.87. The van der Waals surface area contributed by atoms with Crippen LogP contribution in [0.15, 0.2) is 6.20 Å². The normalized spacial score (nSPS) is 15.9. The summed E-state index contributed by atoms with van der Waals surface area (Å²) in [5, 5.41) is 8.30. The molecule has 1 saturated heterocycles. The highest BCUT2D eigenvalue weighted by Crippen LogP contribution is 2.25. The van der Waals surface area contributed by atoms with Crippen molar-refractivity contribution in [3.05, 3.63) is 6.20 Å². The first-order valence-corrected chi connectivity index (χ1v) is 7.87. The van der Waals surface area contributed by atoms with Gasteiger partial charge in [0, 0.05) is 47.2 Å². The Morgan fingerprint density at radius 2 is 2.04 bits per heavy atom. The lowest BCUT2D eigenvalue weighted by Crippen LogP contribution is -2.45. The zero-order valence-electron chi connectivity index (χ0n) is 14.1. The van der Waals surface area contributed by atoms with E-state index in [0.717, 1.165) is 48.7 Å². The average molecular weight is 317 g/mol. The van der Waals surface area contributed by atoms with Crippen molar-refractivity contribution in [1.82, 2.24) is 24.6 Å². The number of nitrogens with one attached hydrogen (secondary N) is 1. The monoisotopic (exact) mass is 317 g/mol. The van der Waals surface area contributed by atoms with E-state index in [1.54, 1.807) is 17.8 Å². The largest absolute Gasteiger partial charge is 0.372 e. The highest BCUT2D eigenvalue weighted by Gasteiger charge is 2.26. The van der Waals surface area contributed by atoms with Crippen LogP contribution in [-0.4, -0.2) is 63.8 Å². The number of fused-ring (bicyclic) bond motifs is 1. The van der Waals surface area contributed by atoms with Crippen LogP contribution in [0.1, 0.15) is 19.8 Å². The maximum absolute atomic E-state index is 11.5. The van der Waals surface area contributed by atoms with Crippen LogP contribution in [0.4, 0.5) is 11.8 Å². The standard InChI is InChI=1S/C15H23N7O/c1-10(23)20(3)11-5-7-22(8-6-11)15-18-13(16-2)12-9-17-21(4)14(12)19-15/h9,11H,5-8H2,1-4H3,(H,16,18,19). The second-order valence-electron chi connectivity index (χ2n) is 5.98. The van der Waals surface area contributed by atoms with E-state index in [9.17, 15) is 4.79 Å². The summed E-state index contributed by atoms with van der Waals surface area (Å²) in [5.74, 6) is 1.63. The van der Waals surface area contributed by atoms with E-state index >= 15 is 0 Å². The number of rotatable bonds is 3. The van der Waals surface area contributed by atoms with Gasteiger partial charge in [0.15, 0.2) is 5.65 Å². The third-order valence-corrected chi connectivity index (χ3v) is 4.61. The van der Waals surface area contributed by atoms with Gasteiger partial charge >= 0.3 is 0 Å². The molecule has 0 unspecified atom stereocenters. The lowest BCUT2D eigenvalue weighted by molar-refractivity contribution is -0.129. The van der Waals surface area contributed by atoms with E-state index < -0.39 is 0 Å². The molecule has 3 heterocycles. The Labute approximate surface area is 135 Å². The molecule has 8 heteroatoms. The molecule has 0 atom stereocenters. The van der Waals surface area contributed by atoms with Gasteiger partial charge in [-0.2, -0.15) is 15.1 Å². The number of aromatic nitrogens is 4. The van der Waals surface area contributed by atoms with Crippen LogP contribution < -0.4 is 10.2 Å². The number of nitrogens with zero attached hydrogens (tertiary/aromatic N) is 6. The van der Waals surface area contributed by atoms with Crippen LogP contribution >= 0.6 is 0 Å². The highest BCUT2D eigenvalue weighted by atomic mass is 16.2. The summed E-state index contributed by atoms with van der Waals surface area (Å²) in [6.45, 7) is 3.30. The van der Waals surface area contributed by atoms with Gasteiger partial charge < -0.3 is 15.1 Å². The molecule has 2 aromatic rings. The topological polar surface area (TPSA) is 79.2 Å². The fraction of sp³-hybridized carbons (Fsp3) is 0.600. The smallest absolute Gasteiger partial charge is 0.229 e. The third-order valence-electron chi connectivity index (χ3n) is 4.61. The fourth-order valence-electron chi connectivity index (χ4n) is 3.05. The van der Waals surface area contributed by atoms with E-state index in [2.05, 4.69) is 25.3 Å². The van der Waals surface area contributed by atoms with Gasteiger partial charge in [0.1, 0.15) is 5.82 Å². The second kappa shape index (κ2) is 6.02. The molecule has 1 amide bonds. The minimum atomic E-state index is 0.119. The molecule has 1 aliphatic rings. The summed E-state index contributed by atoms with van der Waals surface area (Å²) in [4.78, 5) is 24.8. The Morgan fingerprint density at radius 1 is 1.35 bits per heavy atom. The van der Waals surface area contributed by atoms with E-state index in [1.807, 2.05) is 26.0 Å². The van der Waals surface area contributed by atoms with Gasteiger partial charge in [-0.05, 0) is 12.8 Å². The number of amides is 1. The molecular weight excluding hydrogens is 294 g/mol. The van der Waals surface area contributed by atoms with Crippen molar-refractivity contribution < 1.29 is 4.79 Å². The van der Waals surface area contributed by atoms with Crippen LogP contribution in [0.25, 0.3) is 11.0 Å². The highest BCUT2D eigenvalue weighted by molar-refractivity contribution is 5.87. The van der Waals surface area contributed by atoms with Crippen molar-refractivity contribution in [3.8, 4) is 0 Å². The molecule has 0 aliphatic carbocycles. The molecule has 124 valence electrons. The minimum Gasteiger partial charge on any atom is -0.372 e. The summed E-state index contributed by atoms with van der Waals surface area (Å²) < 4.78 is 1.76. The van der Waals surface area contributed by atoms with Crippen LogP contribution in [0.3, 0.4) is 0 Å². The zero-order chi connectivity index (χ0) is 16.6. The van der Waals surface area contributed by atoms with Gasteiger partial charge in [0.25, 0.3) is 0 Å². The van der Waals surface area contributed by atoms with E-state index in [0.29, 0.717) is 6.04 Å². The SMILES string of the molecule is CNc1nc(N2CCC(N(C)C(C)=O)CC2)nc2c1cnn2C. The number of hydrogen-bond donors (Lipinski definition) is 1. The van der Waals surface area contributed by atoms with Crippen molar-refractivity contribution in [2.75, 3.05) is 37.4 Å². The van der Waals surface area contributed by atoms with Crippen LogP contribution in [0.2, 0.25) is 0 Å². The van der Waals surface area contributed by atoms with Crippen molar-refractivity contribution in [1.29, 1.82) is 0 Å². The Bertz CT molecular complexity index is 718. The molecule has 0 bridgehead atoms. The summed E-state index contributed by atoms with van der Waals surface area (Å²) >= 11 is 0. The van der Waals surface area contributed by atoms with Crippen molar-refractivity contribution in [2.45, 2.75) is 25.8 Å². The molecule has 0 saturated carbocycles. The van der Waals surface area contributed by atoms with Gasteiger partial charge in [0.05, 0.1) is 11.6 Å². The summed E-state index contributed by atoms with van der Waals surface area (Å²) in [6, 6.07) is 0.299. The molecular formula is C15H23N7O. The van der Waals surface area contributed by atoms with Crippen LogP contribution in [0, 0.1) is 0 Å². The maximum Gasteiger partial charge on any atom is 0.229 e. The quantitative estimate of drug-likeness (QED) is 0.904. The van der Waals surface area contributed by atoms with E-state index in [4.69, 9.17) is 0 Å². The van der Waals surface area contributed by atoms with Gasteiger partial charge in [-0.15, -0.1) is 0 Å². The summed E-state index contributed by atoms with van der Waals surface area (Å²) in [7, 11) is 5.61. The van der Waals surface area contributed by atoms with Gasteiger partial charge in [0.2, 0.25) is 11.9 Å². The Morgan fingerprint density at radius 3 is 2.65 bits per heavy atom. The molecule has 1 N–H and O–H groups in total. The second-order valence-corrected chi connectivity index (χ2v) is 5.98. The molecule has 23 heavy (non-hydrogen) atoms. The van der Waals surface area contributed by atoms with Crippen LogP contribution in [-0.2, 0) is 11.8 Å². The van der Waals surface area contributed by atoms with Crippen molar-refractivity contribution >= 4 is 28.7 Å². The summed E-state index contributed by atoms with van der Waals surface area (Å²) in [6.07, 6.45) is 3.63. The first kappa shape index (κ1) is 15.5. The van der Waals surface area contributed by atoms with E-state index in [1.165, 1.54) is 0 Å². The Balaban J connectivity index is 1.82. The number of anilines is 2. The molecule has 2 aromatic heterocycles. The zero-order valence-corrected chi connectivity index (χ0v) is 14.1.